The molecule has 0 aliphatic carbocycles. The van der Waals surface area contributed by atoms with Crippen molar-refractivity contribution in [1.82, 2.24) is 5.32 Å². The Labute approximate surface area is 109 Å². The molecule has 0 bridgehead atoms. The summed E-state index contributed by atoms with van der Waals surface area (Å²) in [6.07, 6.45) is -4.31. The average Bonchev–Trinajstić information content (AvgIpc) is 2.27. The smallest absolute Gasteiger partial charge is 0.370 e. The number of benzene rings is 1. The van der Waals surface area contributed by atoms with Gasteiger partial charge in [0.2, 0.25) is 0 Å². The van der Waals surface area contributed by atoms with E-state index in [-0.39, 0.29) is 12.6 Å². The van der Waals surface area contributed by atoms with Gasteiger partial charge in [-0.25, -0.2) is 0 Å². The molecule has 1 aromatic carbocycles. The Bertz CT molecular complexity index is 371. The predicted octanol–water partition coefficient (Wildman–Crippen LogP) is 3.57. The summed E-state index contributed by atoms with van der Waals surface area (Å²) >= 11 is 6.01. The first-order valence-corrected chi connectivity index (χ1v) is 5.94. The Morgan fingerprint density at radius 3 is 2.56 bits per heavy atom. The third-order valence-corrected chi connectivity index (χ3v) is 2.63. The van der Waals surface area contributed by atoms with E-state index in [4.69, 9.17) is 11.6 Å². The predicted molar refractivity (Wildman–Crippen MR) is 64.7 cm³/mol. The minimum atomic E-state index is -4.31. The fourth-order valence-electron chi connectivity index (χ4n) is 1.56. The fourth-order valence-corrected chi connectivity index (χ4v) is 1.82. The van der Waals surface area contributed by atoms with Crippen molar-refractivity contribution < 1.29 is 17.9 Å². The minimum absolute atomic E-state index is 0.0723. The number of halogens is 4. The first kappa shape index (κ1) is 15.3. The molecule has 0 aliphatic heterocycles. The van der Waals surface area contributed by atoms with Gasteiger partial charge in [-0.1, -0.05) is 36.7 Å². The van der Waals surface area contributed by atoms with Crippen LogP contribution in [0.3, 0.4) is 0 Å². The van der Waals surface area contributed by atoms with E-state index < -0.39 is 12.8 Å². The van der Waals surface area contributed by atoms with Crippen LogP contribution in [0.5, 0.6) is 0 Å². The van der Waals surface area contributed by atoms with Gasteiger partial charge in [0.15, 0.2) is 0 Å². The molecule has 0 radical (unpaired) electrons. The Kier molecular flexibility index (Phi) is 5.91. The van der Waals surface area contributed by atoms with Crippen LogP contribution in [0.2, 0.25) is 5.02 Å². The molecule has 0 saturated heterocycles. The van der Waals surface area contributed by atoms with Crippen LogP contribution >= 0.6 is 11.6 Å². The minimum Gasteiger partial charge on any atom is -0.370 e. The van der Waals surface area contributed by atoms with Gasteiger partial charge in [-0.3, -0.25) is 0 Å². The maximum Gasteiger partial charge on any atom is 0.411 e. The van der Waals surface area contributed by atoms with E-state index >= 15 is 0 Å². The molecule has 0 heterocycles. The molecule has 0 fully saturated rings. The van der Waals surface area contributed by atoms with Gasteiger partial charge < -0.3 is 10.1 Å². The topological polar surface area (TPSA) is 21.3 Å². The summed E-state index contributed by atoms with van der Waals surface area (Å²) in [4.78, 5) is 0. The summed E-state index contributed by atoms with van der Waals surface area (Å²) in [6, 6.07) is 6.68. The largest absolute Gasteiger partial charge is 0.411 e. The second kappa shape index (κ2) is 6.97. The molecule has 6 heteroatoms. The molecule has 0 amide bonds. The maximum atomic E-state index is 12.0. The normalized spacial score (nSPS) is 13.6. The monoisotopic (exact) mass is 281 g/mol. The number of hydrogen-bond donors (Lipinski definition) is 1. The lowest BCUT2D eigenvalue weighted by Gasteiger charge is -2.20. The van der Waals surface area contributed by atoms with Gasteiger partial charge in [-0.05, 0) is 18.2 Å². The zero-order valence-corrected chi connectivity index (χ0v) is 10.7. The number of ether oxygens (including phenoxy) is 1. The maximum absolute atomic E-state index is 12.0. The Balaban J connectivity index is 2.63. The van der Waals surface area contributed by atoms with E-state index in [9.17, 15) is 13.2 Å². The highest BCUT2D eigenvalue weighted by Gasteiger charge is 2.28. The van der Waals surface area contributed by atoms with Crippen LogP contribution < -0.4 is 5.32 Å². The molecule has 1 aromatic rings. The highest BCUT2D eigenvalue weighted by molar-refractivity contribution is 6.31. The lowest BCUT2D eigenvalue weighted by atomic mass is 10.1. The molecule has 0 spiro atoms. The van der Waals surface area contributed by atoms with E-state index in [0.717, 1.165) is 5.56 Å². The van der Waals surface area contributed by atoms with Crippen LogP contribution in [-0.2, 0) is 4.74 Å². The third kappa shape index (κ3) is 5.25. The molecule has 1 rings (SSSR count). The highest BCUT2D eigenvalue weighted by Crippen LogP contribution is 2.23. The molecule has 1 atom stereocenters. The van der Waals surface area contributed by atoms with E-state index in [2.05, 4.69) is 10.1 Å². The number of nitrogens with one attached hydrogen (secondary N) is 1. The van der Waals surface area contributed by atoms with Gasteiger partial charge in [0.1, 0.15) is 6.61 Å². The molecule has 102 valence electrons. The SMILES string of the molecule is CCNC(COCC(F)(F)F)c1ccccc1Cl. The summed E-state index contributed by atoms with van der Waals surface area (Å²) in [7, 11) is 0. The van der Waals surface area contributed by atoms with Crippen molar-refractivity contribution >= 4 is 11.6 Å². The standard InChI is InChI=1S/C12H15ClF3NO/c1-2-17-11(7-18-8-12(14,15)16)9-5-3-4-6-10(9)13/h3-6,11,17H,2,7-8H2,1H3. The van der Waals surface area contributed by atoms with Gasteiger partial charge in [0, 0.05) is 5.02 Å². The Hall–Kier alpha value is -0.780. The molecule has 0 aromatic heterocycles. The number of likely N-dealkylation sites (N-methyl/N-ethyl adjacent to an activating group) is 1. The quantitative estimate of drug-likeness (QED) is 0.861. The molecule has 2 nitrogen and oxygen atoms in total. The number of alkyl halides is 3. The third-order valence-electron chi connectivity index (χ3n) is 2.28. The summed E-state index contributed by atoms with van der Waals surface area (Å²) in [5, 5.41) is 3.56. The summed E-state index contributed by atoms with van der Waals surface area (Å²) in [5.74, 6) is 0. The van der Waals surface area contributed by atoms with E-state index in [0.29, 0.717) is 11.6 Å². The lowest BCUT2D eigenvalue weighted by molar-refractivity contribution is -0.175. The van der Waals surface area contributed by atoms with E-state index in [1.54, 1.807) is 24.3 Å². The van der Waals surface area contributed by atoms with Crippen LogP contribution in [-0.4, -0.2) is 25.9 Å². The molecule has 18 heavy (non-hydrogen) atoms. The average molecular weight is 282 g/mol. The van der Waals surface area contributed by atoms with Crippen molar-refractivity contribution in [2.45, 2.75) is 19.1 Å². The zero-order valence-electron chi connectivity index (χ0n) is 9.93. The fraction of sp³-hybridized carbons (Fsp3) is 0.500. The van der Waals surface area contributed by atoms with Crippen LogP contribution in [0.15, 0.2) is 24.3 Å². The van der Waals surface area contributed by atoms with Crippen LogP contribution in [0.1, 0.15) is 18.5 Å². The van der Waals surface area contributed by atoms with Crippen LogP contribution in [0.4, 0.5) is 13.2 Å². The summed E-state index contributed by atoms with van der Waals surface area (Å²) in [6.45, 7) is 1.16. The second-order valence-corrected chi connectivity index (χ2v) is 4.17. The number of rotatable bonds is 6. The van der Waals surface area contributed by atoms with Crippen molar-refractivity contribution in [1.29, 1.82) is 0 Å². The number of hydrogen-bond acceptors (Lipinski definition) is 2. The van der Waals surface area contributed by atoms with Gasteiger partial charge in [-0.2, -0.15) is 13.2 Å². The molecular weight excluding hydrogens is 267 g/mol. The van der Waals surface area contributed by atoms with Crippen molar-refractivity contribution in [3.05, 3.63) is 34.9 Å². The van der Waals surface area contributed by atoms with Crippen molar-refractivity contribution in [2.24, 2.45) is 0 Å². The Morgan fingerprint density at radius 1 is 1.33 bits per heavy atom. The Morgan fingerprint density at radius 2 is 2.00 bits per heavy atom. The molecule has 1 unspecified atom stereocenters. The highest BCUT2D eigenvalue weighted by atomic mass is 35.5. The second-order valence-electron chi connectivity index (χ2n) is 3.76. The molecular formula is C12H15ClF3NO. The van der Waals surface area contributed by atoms with Gasteiger partial charge >= 0.3 is 6.18 Å². The zero-order chi connectivity index (χ0) is 13.6. The first-order chi connectivity index (χ1) is 8.44. The summed E-state index contributed by atoms with van der Waals surface area (Å²) < 4.78 is 40.7. The van der Waals surface area contributed by atoms with E-state index in [1.807, 2.05) is 6.92 Å². The van der Waals surface area contributed by atoms with Gasteiger partial charge in [0.25, 0.3) is 0 Å². The van der Waals surface area contributed by atoms with Gasteiger partial charge in [-0.15, -0.1) is 0 Å². The molecule has 0 saturated carbocycles. The summed E-state index contributed by atoms with van der Waals surface area (Å²) in [5.41, 5.74) is 0.739. The van der Waals surface area contributed by atoms with Crippen molar-refractivity contribution in [2.75, 3.05) is 19.8 Å². The van der Waals surface area contributed by atoms with Crippen LogP contribution in [0.25, 0.3) is 0 Å². The van der Waals surface area contributed by atoms with Crippen molar-refractivity contribution in [3.63, 3.8) is 0 Å². The molecule has 0 aliphatic rings. The lowest BCUT2D eigenvalue weighted by Crippen LogP contribution is -2.28. The van der Waals surface area contributed by atoms with Crippen LogP contribution in [0, 0.1) is 0 Å². The molecule has 1 N–H and O–H groups in total. The first-order valence-electron chi connectivity index (χ1n) is 5.56. The van der Waals surface area contributed by atoms with Crippen molar-refractivity contribution in [3.8, 4) is 0 Å². The van der Waals surface area contributed by atoms with Gasteiger partial charge in [0.05, 0.1) is 12.6 Å². The van der Waals surface area contributed by atoms with E-state index in [1.165, 1.54) is 0 Å².